The van der Waals surface area contributed by atoms with Crippen molar-refractivity contribution in [1.82, 2.24) is 20.0 Å². The molecular weight excluding hydrogens is 302 g/mol. The third kappa shape index (κ3) is 5.38. The van der Waals surface area contributed by atoms with Crippen molar-refractivity contribution in [2.75, 3.05) is 18.9 Å². The fraction of sp³-hybridized carbons (Fsp3) is 0.444. The van der Waals surface area contributed by atoms with E-state index >= 15 is 0 Å². The number of nitrogens with zero attached hydrogens (tertiary/aromatic N) is 3. The van der Waals surface area contributed by atoms with E-state index in [2.05, 4.69) is 39.8 Å². The van der Waals surface area contributed by atoms with Crippen molar-refractivity contribution < 1.29 is 4.79 Å². The minimum atomic E-state index is -0.364. The zero-order valence-corrected chi connectivity index (χ0v) is 15.1. The summed E-state index contributed by atoms with van der Waals surface area (Å²) < 4.78 is 1.73. The number of aromatic nitrogens is 2. The number of benzene rings is 1. The molecular formula is C18H27N5O. The van der Waals surface area contributed by atoms with Crippen molar-refractivity contribution >= 4 is 11.8 Å². The minimum Gasteiger partial charge on any atom is -0.332 e. The van der Waals surface area contributed by atoms with Crippen LogP contribution in [-0.4, -0.2) is 39.8 Å². The molecule has 6 heteroatoms. The minimum absolute atomic E-state index is 0.244. The van der Waals surface area contributed by atoms with E-state index in [1.165, 1.54) is 5.56 Å². The molecule has 0 fully saturated rings. The molecule has 0 bridgehead atoms. The summed E-state index contributed by atoms with van der Waals surface area (Å²) in [5.41, 5.74) is 1.88. The quantitative estimate of drug-likeness (QED) is 0.856. The second kappa shape index (κ2) is 7.49. The van der Waals surface area contributed by atoms with Crippen LogP contribution in [0.15, 0.2) is 36.4 Å². The van der Waals surface area contributed by atoms with Gasteiger partial charge in [-0.3, -0.25) is 14.9 Å². The van der Waals surface area contributed by atoms with Gasteiger partial charge in [-0.15, -0.1) is 0 Å². The molecule has 1 aromatic carbocycles. The number of aryl methyl sites for hydroxylation is 2. The van der Waals surface area contributed by atoms with Gasteiger partial charge in [-0.05, 0) is 33.4 Å². The highest BCUT2D eigenvalue weighted by Gasteiger charge is 2.23. The number of amides is 2. The molecule has 2 aromatic rings. The summed E-state index contributed by atoms with van der Waals surface area (Å²) >= 11 is 0. The lowest BCUT2D eigenvalue weighted by atomic mass is 10.0. The normalized spacial score (nSPS) is 11.6. The lowest BCUT2D eigenvalue weighted by Gasteiger charge is -2.31. The summed E-state index contributed by atoms with van der Waals surface area (Å²) in [6.07, 6.45) is 0. The first-order valence-corrected chi connectivity index (χ1v) is 8.07. The molecule has 0 aliphatic heterocycles. The van der Waals surface area contributed by atoms with Crippen LogP contribution in [0.2, 0.25) is 0 Å². The maximum absolute atomic E-state index is 12.2. The molecule has 0 radical (unpaired) electrons. The van der Waals surface area contributed by atoms with Crippen LogP contribution in [0.1, 0.15) is 25.1 Å². The Morgan fingerprint density at radius 2 is 1.96 bits per heavy atom. The summed E-state index contributed by atoms with van der Waals surface area (Å²) in [6, 6.07) is 11.9. The highest BCUT2D eigenvalue weighted by molar-refractivity contribution is 5.88. The Bertz CT molecular complexity index is 658. The summed E-state index contributed by atoms with van der Waals surface area (Å²) in [7, 11) is 3.90. The number of rotatable bonds is 6. The number of hydrogen-bond donors (Lipinski definition) is 2. The number of nitrogens with one attached hydrogen (secondary N) is 2. The van der Waals surface area contributed by atoms with Gasteiger partial charge in [0.25, 0.3) is 0 Å². The van der Waals surface area contributed by atoms with Crippen molar-refractivity contribution in [2.45, 2.75) is 32.9 Å². The molecule has 1 aromatic heterocycles. The van der Waals surface area contributed by atoms with E-state index in [0.717, 1.165) is 18.8 Å². The SMILES string of the molecule is Cc1cc(NC(=O)NC(C)(C)CN(C)Cc2ccccc2)nn1C. The van der Waals surface area contributed by atoms with Gasteiger partial charge < -0.3 is 5.32 Å². The second-order valence-electron chi connectivity index (χ2n) is 6.92. The van der Waals surface area contributed by atoms with Gasteiger partial charge in [-0.25, -0.2) is 4.79 Å². The van der Waals surface area contributed by atoms with E-state index in [-0.39, 0.29) is 11.6 Å². The van der Waals surface area contributed by atoms with Crippen LogP contribution < -0.4 is 10.6 Å². The molecule has 0 aliphatic carbocycles. The molecule has 1 heterocycles. The molecule has 2 rings (SSSR count). The molecule has 0 spiro atoms. The molecule has 130 valence electrons. The maximum atomic E-state index is 12.2. The number of likely N-dealkylation sites (N-methyl/N-ethyl adjacent to an activating group) is 1. The zero-order valence-electron chi connectivity index (χ0n) is 15.1. The predicted molar refractivity (Wildman–Crippen MR) is 97.0 cm³/mol. The average molecular weight is 329 g/mol. The lowest BCUT2D eigenvalue weighted by molar-refractivity contribution is 0.215. The highest BCUT2D eigenvalue weighted by Crippen LogP contribution is 2.10. The average Bonchev–Trinajstić information content (AvgIpc) is 2.76. The standard InChI is InChI=1S/C18H27N5O/c1-14-11-16(21-23(14)5)19-17(24)20-18(2,3)13-22(4)12-15-9-7-6-8-10-15/h6-11H,12-13H2,1-5H3,(H2,19,20,21,24). The first-order chi connectivity index (χ1) is 11.2. The summed E-state index contributed by atoms with van der Waals surface area (Å²) in [4.78, 5) is 14.4. The Hall–Kier alpha value is -2.34. The Labute approximate surface area is 143 Å². The Morgan fingerprint density at radius 3 is 2.54 bits per heavy atom. The van der Waals surface area contributed by atoms with E-state index in [4.69, 9.17) is 0 Å². The van der Waals surface area contributed by atoms with E-state index in [9.17, 15) is 4.79 Å². The molecule has 24 heavy (non-hydrogen) atoms. The topological polar surface area (TPSA) is 62.2 Å². The van der Waals surface area contributed by atoms with Gasteiger partial charge in [0.15, 0.2) is 5.82 Å². The van der Waals surface area contributed by atoms with Crippen molar-refractivity contribution in [3.05, 3.63) is 47.7 Å². The van der Waals surface area contributed by atoms with Gasteiger partial charge >= 0.3 is 6.03 Å². The number of carbonyl (C=O) groups excluding carboxylic acids is 1. The Morgan fingerprint density at radius 1 is 1.29 bits per heavy atom. The Kier molecular flexibility index (Phi) is 5.62. The molecule has 0 unspecified atom stereocenters. The third-order valence-electron chi connectivity index (χ3n) is 3.77. The largest absolute Gasteiger partial charge is 0.332 e. The van der Waals surface area contributed by atoms with E-state index in [1.807, 2.05) is 52.1 Å². The van der Waals surface area contributed by atoms with Crippen molar-refractivity contribution in [1.29, 1.82) is 0 Å². The van der Waals surface area contributed by atoms with Crippen LogP contribution in [0.4, 0.5) is 10.6 Å². The maximum Gasteiger partial charge on any atom is 0.320 e. The Balaban J connectivity index is 1.86. The van der Waals surface area contributed by atoms with Gasteiger partial charge in [-0.1, -0.05) is 30.3 Å². The molecule has 0 atom stereocenters. The van der Waals surface area contributed by atoms with E-state index in [1.54, 1.807) is 4.68 Å². The van der Waals surface area contributed by atoms with Gasteiger partial charge in [0.05, 0.1) is 0 Å². The fourth-order valence-corrected chi connectivity index (χ4v) is 2.74. The van der Waals surface area contributed by atoms with Gasteiger partial charge in [0.2, 0.25) is 0 Å². The molecule has 0 aliphatic rings. The molecule has 2 N–H and O–H groups in total. The monoisotopic (exact) mass is 329 g/mol. The van der Waals surface area contributed by atoms with Crippen LogP contribution in [-0.2, 0) is 13.6 Å². The first-order valence-electron chi connectivity index (χ1n) is 8.07. The van der Waals surface area contributed by atoms with Crippen molar-refractivity contribution in [3.63, 3.8) is 0 Å². The van der Waals surface area contributed by atoms with Crippen LogP contribution in [0.3, 0.4) is 0 Å². The summed E-state index contributed by atoms with van der Waals surface area (Å²) in [5, 5.41) is 10.0. The molecule has 0 saturated carbocycles. The first kappa shape index (κ1) is 18.0. The number of hydrogen-bond acceptors (Lipinski definition) is 3. The smallest absolute Gasteiger partial charge is 0.320 e. The number of urea groups is 1. The molecule has 2 amide bonds. The van der Waals surface area contributed by atoms with Crippen molar-refractivity contribution in [2.24, 2.45) is 7.05 Å². The van der Waals surface area contributed by atoms with Gasteiger partial charge in [0.1, 0.15) is 0 Å². The van der Waals surface area contributed by atoms with Crippen molar-refractivity contribution in [3.8, 4) is 0 Å². The lowest BCUT2D eigenvalue weighted by Crippen LogP contribution is -2.51. The van der Waals surface area contributed by atoms with Crippen LogP contribution in [0, 0.1) is 6.92 Å². The third-order valence-corrected chi connectivity index (χ3v) is 3.77. The van der Waals surface area contributed by atoms with Crippen LogP contribution >= 0.6 is 0 Å². The van der Waals surface area contributed by atoms with E-state index < -0.39 is 0 Å². The van der Waals surface area contributed by atoms with Gasteiger partial charge in [0, 0.05) is 37.4 Å². The van der Waals surface area contributed by atoms with Gasteiger partial charge in [-0.2, -0.15) is 5.10 Å². The molecule has 0 saturated heterocycles. The second-order valence-corrected chi connectivity index (χ2v) is 6.92. The zero-order chi connectivity index (χ0) is 17.7. The number of carbonyl (C=O) groups is 1. The number of anilines is 1. The summed E-state index contributed by atoms with van der Waals surface area (Å²) in [5.74, 6) is 0.556. The van der Waals surface area contributed by atoms with E-state index in [0.29, 0.717) is 5.82 Å². The van der Waals surface area contributed by atoms with Crippen LogP contribution in [0.25, 0.3) is 0 Å². The predicted octanol–water partition coefficient (Wildman–Crippen LogP) is 2.76. The fourth-order valence-electron chi connectivity index (χ4n) is 2.74. The molecule has 6 nitrogen and oxygen atoms in total. The highest BCUT2D eigenvalue weighted by atomic mass is 16.2. The summed E-state index contributed by atoms with van der Waals surface area (Å²) in [6.45, 7) is 7.54. The van der Waals surface area contributed by atoms with Crippen LogP contribution in [0.5, 0.6) is 0 Å².